The molecule has 1 amide bonds. The molecular weight excluding hydrogens is 254 g/mol. The van der Waals surface area contributed by atoms with Gasteiger partial charge in [0.1, 0.15) is 0 Å². The molecule has 0 aliphatic carbocycles. The van der Waals surface area contributed by atoms with Gasteiger partial charge < -0.3 is 4.90 Å². The molecule has 0 N–H and O–H groups in total. The summed E-state index contributed by atoms with van der Waals surface area (Å²) in [4.78, 5) is 14.1. The van der Waals surface area contributed by atoms with E-state index in [1.807, 2.05) is 0 Å². The molecule has 0 bridgehead atoms. The van der Waals surface area contributed by atoms with E-state index in [9.17, 15) is 4.79 Å². The first-order valence-electron chi connectivity index (χ1n) is 6.03. The van der Waals surface area contributed by atoms with Crippen LogP contribution in [0.2, 0.25) is 0 Å². The Hall–Kier alpha value is -0.0500. The van der Waals surface area contributed by atoms with Crippen molar-refractivity contribution in [3.63, 3.8) is 0 Å². The lowest BCUT2D eigenvalue weighted by atomic mass is 10.0. The van der Waals surface area contributed by atoms with E-state index in [1.54, 1.807) is 0 Å². The van der Waals surface area contributed by atoms with Crippen LogP contribution < -0.4 is 0 Å². The minimum absolute atomic E-state index is 0.220. The standard InChI is InChI=1S/C12H22BrNO/c1-3-4-10(2)12(15)14-8-6-11(9-14)5-7-13/h10-11H,3-9H2,1-2H3. The zero-order chi connectivity index (χ0) is 11.3. The fourth-order valence-electron chi connectivity index (χ4n) is 2.29. The Bertz CT molecular complexity index is 208. The number of amides is 1. The van der Waals surface area contributed by atoms with Crippen LogP contribution in [0.15, 0.2) is 0 Å². The topological polar surface area (TPSA) is 20.3 Å². The van der Waals surface area contributed by atoms with E-state index < -0.39 is 0 Å². The summed E-state index contributed by atoms with van der Waals surface area (Å²) in [6, 6.07) is 0. The van der Waals surface area contributed by atoms with Gasteiger partial charge in [0.05, 0.1) is 0 Å². The molecule has 1 rings (SSSR count). The van der Waals surface area contributed by atoms with Crippen molar-refractivity contribution in [3.05, 3.63) is 0 Å². The van der Waals surface area contributed by atoms with E-state index in [-0.39, 0.29) is 5.92 Å². The second kappa shape index (κ2) is 6.51. The van der Waals surface area contributed by atoms with Crippen molar-refractivity contribution in [2.75, 3.05) is 18.4 Å². The fourth-order valence-corrected chi connectivity index (χ4v) is 2.94. The monoisotopic (exact) mass is 275 g/mol. The summed E-state index contributed by atoms with van der Waals surface area (Å²) >= 11 is 3.47. The maximum absolute atomic E-state index is 12.0. The minimum Gasteiger partial charge on any atom is -0.342 e. The molecule has 2 atom stereocenters. The highest BCUT2D eigenvalue weighted by Gasteiger charge is 2.27. The Morgan fingerprint density at radius 1 is 1.60 bits per heavy atom. The normalized spacial score (nSPS) is 23.1. The third-order valence-electron chi connectivity index (χ3n) is 3.26. The van der Waals surface area contributed by atoms with Crippen molar-refractivity contribution < 1.29 is 4.79 Å². The second-order valence-electron chi connectivity index (χ2n) is 4.61. The third-order valence-corrected chi connectivity index (χ3v) is 3.72. The van der Waals surface area contributed by atoms with Crippen molar-refractivity contribution in [2.24, 2.45) is 11.8 Å². The van der Waals surface area contributed by atoms with Crippen LogP contribution in [0, 0.1) is 11.8 Å². The number of carbonyl (C=O) groups is 1. The largest absolute Gasteiger partial charge is 0.342 e. The Morgan fingerprint density at radius 3 is 2.93 bits per heavy atom. The Kier molecular flexibility index (Phi) is 5.65. The average Bonchev–Trinajstić information content (AvgIpc) is 2.66. The summed E-state index contributed by atoms with van der Waals surface area (Å²) in [6.45, 7) is 6.16. The molecule has 2 unspecified atom stereocenters. The number of likely N-dealkylation sites (tertiary alicyclic amines) is 1. The average molecular weight is 276 g/mol. The number of hydrogen-bond donors (Lipinski definition) is 0. The SMILES string of the molecule is CCCC(C)C(=O)N1CCC(CCBr)C1. The van der Waals surface area contributed by atoms with Crippen molar-refractivity contribution in [1.29, 1.82) is 0 Å². The lowest BCUT2D eigenvalue weighted by molar-refractivity contribution is -0.134. The molecule has 1 aliphatic heterocycles. The number of rotatable bonds is 5. The van der Waals surface area contributed by atoms with Crippen molar-refractivity contribution in [2.45, 2.75) is 39.5 Å². The molecule has 0 aromatic heterocycles. The van der Waals surface area contributed by atoms with Crippen LogP contribution in [0.25, 0.3) is 0 Å². The Morgan fingerprint density at radius 2 is 2.33 bits per heavy atom. The first-order valence-corrected chi connectivity index (χ1v) is 7.16. The minimum atomic E-state index is 0.220. The molecule has 0 radical (unpaired) electrons. The molecule has 15 heavy (non-hydrogen) atoms. The third kappa shape index (κ3) is 3.78. The van der Waals surface area contributed by atoms with Gasteiger partial charge >= 0.3 is 0 Å². The van der Waals surface area contributed by atoms with E-state index >= 15 is 0 Å². The predicted molar refractivity (Wildman–Crippen MR) is 67.2 cm³/mol. The van der Waals surface area contributed by atoms with Gasteiger partial charge in [0, 0.05) is 24.3 Å². The van der Waals surface area contributed by atoms with Gasteiger partial charge in [-0.2, -0.15) is 0 Å². The van der Waals surface area contributed by atoms with Gasteiger partial charge in [-0.3, -0.25) is 4.79 Å². The molecule has 3 heteroatoms. The van der Waals surface area contributed by atoms with Crippen LogP contribution in [0.1, 0.15) is 39.5 Å². The van der Waals surface area contributed by atoms with Gasteiger partial charge in [0.15, 0.2) is 0 Å². The zero-order valence-corrected chi connectivity index (χ0v) is 11.4. The molecule has 1 heterocycles. The Balaban J connectivity index is 2.35. The van der Waals surface area contributed by atoms with Gasteiger partial charge in [-0.15, -0.1) is 0 Å². The summed E-state index contributed by atoms with van der Waals surface area (Å²) in [7, 11) is 0. The van der Waals surface area contributed by atoms with Crippen LogP contribution in [0.5, 0.6) is 0 Å². The maximum Gasteiger partial charge on any atom is 0.225 e. The van der Waals surface area contributed by atoms with Crippen molar-refractivity contribution >= 4 is 21.8 Å². The van der Waals surface area contributed by atoms with Gasteiger partial charge in [0.2, 0.25) is 5.91 Å². The molecule has 2 nitrogen and oxygen atoms in total. The van der Waals surface area contributed by atoms with E-state index in [0.29, 0.717) is 5.91 Å². The summed E-state index contributed by atoms with van der Waals surface area (Å²) in [6.07, 6.45) is 4.52. The van der Waals surface area contributed by atoms with E-state index in [2.05, 4.69) is 34.7 Å². The van der Waals surface area contributed by atoms with Crippen LogP contribution in [-0.2, 0) is 4.79 Å². The van der Waals surface area contributed by atoms with E-state index in [0.717, 1.165) is 37.2 Å². The first kappa shape index (κ1) is 13.0. The Labute approximate surface area is 102 Å². The van der Waals surface area contributed by atoms with Crippen molar-refractivity contribution in [3.8, 4) is 0 Å². The highest BCUT2D eigenvalue weighted by Crippen LogP contribution is 2.22. The lowest BCUT2D eigenvalue weighted by Gasteiger charge is -2.20. The summed E-state index contributed by atoms with van der Waals surface area (Å²) in [5.41, 5.74) is 0. The first-order chi connectivity index (χ1) is 7.19. The summed E-state index contributed by atoms with van der Waals surface area (Å²) < 4.78 is 0. The van der Waals surface area contributed by atoms with Gasteiger partial charge in [-0.05, 0) is 25.2 Å². The zero-order valence-electron chi connectivity index (χ0n) is 9.84. The smallest absolute Gasteiger partial charge is 0.225 e. The molecule has 0 aromatic rings. The number of alkyl halides is 1. The van der Waals surface area contributed by atoms with Crippen LogP contribution >= 0.6 is 15.9 Å². The molecular formula is C12H22BrNO. The van der Waals surface area contributed by atoms with E-state index in [4.69, 9.17) is 0 Å². The molecule has 1 saturated heterocycles. The van der Waals surface area contributed by atoms with Gasteiger partial charge in [-0.1, -0.05) is 36.2 Å². The highest BCUT2D eigenvalue weighted by molar-refractivity contribution is 9.09. The van der Waals surface area contributed by atoms with Crippen molar-refractivity contribution in [1.82, 2.24) is 4.90 Å². The second-order valence-corrected chi connectivity index (χ2v) is 5.40. The molecule has 0 spiro atoms. The lowest BCUT2D eigenvalue weighted by Crippen LogP contribution is -2.33. The summed E-state index contributed by atoms with van der Waals surface area (Å²) in [5.74, 6) is 1.31. The molecule has 1 aliphatic rings. The highest BCUT2D eigenvalue weighted by atomic mass is 79.9. The molecule has 1 fully saturated rings. The van der Waals surface area contributed by atoms with Gasteiger partial charge in [0.25, 0.3) is 0 Å². The molecule has 0 saturated carbocycles. The number of carbonyl (C=O) groups excluding carboxylic acids is 1. The quantitative estimate of drug-likeness (QED) is 0.707. The van der Waals surface area contributed by atoms with Crippen LogP contribution in [-0.4, -0.2) is 29.2 Å². The number of halogens is 1. The maximum atomic E-state index is 12.0. The van der Waals surface area contributed by atoms with Gasteiger partial charge in [-0.25, -0.2) is 0 Å². The number of hydrogen-bond acceptors (Lipinski definition) is 1. The van der Waals surface area contributed by atoms with Crippen LogP contribution in [0.3, 0.4) is 0 Å². The van der Waals surface area contributed by atoms with Crippen LogP contribution in [0.4, 0.5) is 0 Å². The molecule has 0 aromatic carbocycles. The summed E-state index contributed by atoms with van der Waals surface area (Å²) in [5, 5.41) is 1.06. The number of nitrogens with zero attached hydrogens (tertiary/aromatic N) is 1. The predicted octanol–water partition coefficient (Wildman–Crippen LogP) is 3.06. The molecule has 88 valence electrons. The fraction of sp³-hybridized carbons (Fsp3) is 0.917. The van der Waals surface area contributed by atoms with E-state index in [1.165, 1.54) is 12.8 Å².